The van der Waals surface area contributed by atoms with Crippen molar-refractivity contribution in [2.24, 2.45) is 5.73 Å². The summed E-state index contributed by atoms with van der Waals surface area (Å²) in [6.45, 7) is -1.96. The summed E-state index contributed by atoms with van der Waals surface area (Å²) in [7, 11) is 0. The molecule has 0 heterocycles. The first kappa shape index (κ1) is 34.1. The SMILES string of the molecule is NCCNCCNC(=O)C(F)(OC(F)(F)C(F)(OC(F)(F)C(F)(F)C(F)(F)F)C(F)(F)F)C(F)(F)F. The van der Waals surface area contributed by atoms with Gasteiger partial charge in [0.2, 0.25) is 0 Å². The van der Waals surface area contributed by atoms with Gasteiger partial charge in [-0.25, -0.2) is 0 Å². The molecule has 1 amide bonds. The van der Waals surface area contributed by atoms with Crippen molar-refractivity contribution < 1.29 is 88.9 Å². The topological polar surface area (TPSA) is 85.6 Å². The molecule has 6 nitrogen and oxygen atoms in total. The van der Waals surface area contributed by atoms with Gasteiger partial charge < -0.3 is 16.4 Å². The van der Waals surface area contributed by atoms with Gasteiger partial charge in [-0.1, -0.05) is 0 Å². The van der Waals surface area contributed by atoms with Gasteiger partial charge in [-0.2, -0.15) is 74.6 Å². The summed E-state index contributed by atoms with van der Waals surface area (Å²) < 4.78 is 224. The molecule has 0 aromatic rings. The number of carbonyl (C=O) groups is 1. The summed E-state index contributed by atoms with van der Waals surface area (Å²) in [6.07, 6.45) is -38.5. The lowest BCUT2D eigenvalue weighted by Gasteiger charge is -2.40. The van der Waals surface area contributed by atoms with Crippen LogP contribution in [-0.2, 0) is 14.3 Å². The molecule has 0 aromatic carbocycles. The fourth-order valence-corrected chi connectivity index (χ4v) is 1.77. The number of amides is 1. The van der Waals surface area contributed by atoms with E-state index in [4.69, 9.17) is 5.73 Å². The van der Waals surface area contributed by atoms with Crippen LogP contribution in [0, 0.1) is 0 Å². The molecule has 0 aromatic heterocycles. The van der Waals surface area contributed by atoms with E-state index in [-0.39, 0.29) is 13.1 Å². The van der Waals surface area contributed by atoms with Crippen LogP contribution in [0.4, 0.5) is 74.6 Å². The van der Waals surface area contributed by atoms with Crippen molar-refractivity contribution in [3.05, 3.63) is 0 Å². The fraction of sp³-hybridized carbons (Fsp3) is 0.923. The monoisotopic (exact) mass is 581 g/mol. The number of halogens is 17. The highest BCUT2D eigenvalue weighted by atomic mass is 19.4. The number of hydrogen-bond donors (Lipinski definition) is 3. The molecule has 0 radical (unpaired) electrons. The van der Waals surface area contributed by atoms with Crippen LogP contribution in [0.2, 0.25) is 0 Å². The van der Waals surface area contributed by atoms with Gasteiger partial charge in [0.15, 0.2) is 0 Å². The smallest absolute Gasteiger partial charge is 0.350 e. The normalized spacial score (nSPS) is 17.9. The quantitative estimate of drug-likeness (QED) is 0.243. The van der Waals surface area contributed by atoms with Crippen LogP contribution in [-0.4, -0.2) is 80.5 Å². The summed E-state index contributed by atoms with van der Waals surface area (Å²) in [4.78, 5) is 11.4. The van der Waals surface area contributed by atoms with Crippen LogP contribution in [0.25, 0.3) is 0 Å². The Morgan fingerprint density at radius 1 is 0.611 bits per heavy atom. The number of nitrogens with one attached hydrogen (secondary N) is 2. The van der Waals surface area contributed by atoms with E-state index in [0.717, 1.165) is 5.32 Å². The minimum Gasteiger partial charge on any atom is -0.350 e. The molecule has 4 N–H and O–H groups in total. The lowest BCUT2D eigenvalue weighted by Crippen LogP contribution is -2.68. The first-order valence-corrected chi connectivity index (χ1v) is 8.45. The van der Waals surface area contributed by atoms with Gasteiger partial charge >= 0.3 is 48.4 Å². The molecule has 0 fully saturated rings. The van der Waals surface area contributed by atoms with Crippen molar-refractivity contribution in [1.82, 2.24) is 10.6 Å². The molecular weight excluding hydrogens is 569 g/mol. The Bertz CT molecular complexity index is 753. The molecule has 23 heteroatoms. The maximum Gasteiger partial charge on any atom is 0.462 e. The average Bonchev–Trinajstić information content (AvgIpc) is 2.63. The van der Waals surface area contributed by atoms with E-state index in [2.05, 4.69) is 5.32 Å². The number of hydrogen-bond acceptors (Lipinski definition) is 5. The third kappa shape index (κ3) is 6.70. The van der Waals surface area contributed by atoms with Gasteiger partial charge in [-0.15, -0.1) is 0 Å². The number of nitrogens with two attached hydrogens (primary N) is 1. The van der Waals surface area contributed by atoms with Crippen LogP contribution < -0.4 is 16.4 Å². The predicted molar refractivity (Wildman–Crippen MR) is 77.8 cm³/mol. The van der Waals surface area contributed by atoms with Crippen molar-refractivity contribution >= 4 is 5.91 Å². The largest absolute Gasteiger partial charge is 0.462 e. The second kappa shape index (κ2) is 10.5. The van der Waals surface area contributed by atoms with Crippen LogP contribution >= 0.6 is 0 Å². The first-order valence-electron chi connectivity index (χ1n) is 8.45. The van der Waals surface area contributed by atoms with E-state index in [0.29, 0.717) is 0 Å². The number of carbonyl (C=O) groups excluding carboxylic acids is 1. The van der Waals surface area contributed by atoms with Gasteiger partial charge in [0.05, 0.1) is 0 Å². The minimum absolute atomic E-state index is 0.103. The molecular formula is C13H12F17N3O3. The molecule has 0 aliphatic heterocycles. The summed E-state index contributed by atoms with van der Waals surface area (Å²) in [5.41, 5.74) is 4.97. The zero-order chi connectivity index (χ0) is 29.2. The second-order valence-electron chi connectivity index (χ2n) is 6.29. The Labute approximate surface area is 187 Å². The molecule has 0 saturated heterocycles. The molecule has 0 aliphatic rings. The Morgan fingerprint density at radius 3 is 1.44 bits per heavy atom. The number of ether oxygens (including phenoxy) is 2. The van der Waals surface area contributed by atoms with E-state index in [1.807, 2.05) is 4.74 Å². The van der Waals surface area contributed by atoms with Gasteiger partial charge in [0, 0.05) is 26.2 Å². The van der Waals surface area contributed by atoms with Gasteiger partial charge in [-0.3, -0.25) is 14.3 Å². The molecule has 0 spiro atoms. The third-order valence-corrected chi connectivity index (χ3v) is 3.56. The third-order valence-electron chi connectivity index (χ3n) is 3.56. The van der Waals surface area contributed by atoms with Gasteiger partial charge in [-0.05, 0) is 0 Å². The summed E-state index contributed by atoms with van der Waals surface area (Å²) in [5.74, 6) is -26.1. The molecule has 2 atom stereocenters. The fourth-order valence-electron chi connectivity index (χ4n) is 1.77. The van der Waals surface area contributed by atoms with Crippen LogP contribution in [0.3, 0.4) is 0 Å². The van der Waals surface area contributed by atoms with Gasteiger partial charge in [0.1, 0.15) is 0 Å². The van der Waals surface area contributed by atoms with E-state index < -0.39 is 67.4 Å². The summed E-state index contributed by atoms with van der Waals surface area (Å²) >= 11 is 0. The lowest BCUT2D eigenvalue weighted by atomic mass is 10.2. The van der Waals surface area contributed by atoms with Crippen molar-refractivity contribution in [3.8, 4) is 0 Å². The van der Waals surface area contributed by atoms with Crippen molar-refractivity contribution in [2.75, 3.05) is 26.2 Å². The Kier molecular flexibility index (Phi) is 9.93. The Morgan fingerprint density at radius 2 is 1.08 bits per heavy atom. The second-order valence-corrected chi connectivity index (χ2v) is 6.29. The van der Waals surface area contributed by atoms with E-state index in [9.17, 15) is 79.4 Å². The van der Waals surface area contributed by atoms with Gasteiger partial charge in [0.25, 0.3) is 5.91 Å². The summed E-state index contributed by atoms with van der Waals surface area (Å²) in [6, 6.07) is 0. The zero-order valence-electron chi connectivity index (χ0n) is 16.6. The van der Waals surface area contributed by atoms with Crippen LogP contribution in [0.5, 0.6) is 0 Å². The lowest BCUT2D eigenvalue weighted by molar-refractivity contribution is -0.548. The van der Waals surface area contributed by atoms with Crippen molar-refractivity contribution in [2.45, 2.75) is 48.4 Å². The molecule has 0 rings (SSSR count). The zero-order valence-corrected chi connectivity index (χ0v) is 16.6. The Hall–Kier alpha value is -1.88. The highest BCUT2D eigenvalue weighted by molar-refractivity contribution is 5.84. The molecule has 36 heavy (non-hydrogen) atoms. The van der Waals surface area contributed by atoms with E-state index in [1.54, 1.807) is 0 Å². The number of rotatable bonds is 12. The molecule has 0 bridgehead atoms. The molecule has 0 aliphatic carbocycles. The molecule has 0 saturated carbocycles. The minimum atomic E-state index is -8.04. The maximum absolute atomic E-state index is 14.2. The maximum atomic E-state index is 14.2. The van der Waals surface area contributed by atoms with Crippen molar-refractivity contribution in [1.29, 1.82) is 0 Å². The van der Waals surface area contributed by atoms with Crippen LogP contribution in [0.1, 0.15) is 0 Å². The average molecular weight is 581 g/mol. The standard InChI is InChI=1S/C13H12F17N3O3/c14-6(9(18,19)20,5(34)33-4-3-32-2-1-31)35-13(29,30)8(17,11(24,25)26)36-12(27,28)7(15,16)10(21,22)23/h32H,1-4,31H2,(H,33,34). The molecule has 216 valence electrons. The highest BCUT2D eigenvalue weighted by Gasteiger charge is 2.85. The van der Waals surface area contributed by atoms with Crippen LogP contribution in [0.15, 0.2) is 0 Å². The Balaban J connectivity index is 6.44. The molecule has 2 unspecified atom stereocenters. The predicted octanol–water partition coefficient (Wildman–Crippen LogP) is 3.52. The number of alkyl halides is 17. The van der Waals surface area contributed by atoms with E-state index >= 15 is 0 Å². The van der Waals surface area contributed by atoms with E-state index in [1.165, 1.54) is 4.74 Å². The van der Waals surface area contributed by atoms with Crippen molar-refractivity contribution in [3.63, 3.8) is 0 Å². The highest BCUT2D eigenvalue weighted by Crippen LogP contribution is 2.56. The first-order chi connectivity index (χ1) is 15.6. The summed E-state index contributed by atoms with van der Waals surface area (Å²) in [5, 5.41) is 3.05.